The molecule has 1 heterocycles. The lowest BCUT2D eigenvalue weighted by Gasteiger charge is -2.14. The first-order valence-corrected chi connectivity index (χ1v) is 7.90. The van der Waals surface area contributed by atoms with Gasteiger partial charge in [0.1, 0.15) is 12.3 Å². The Balaban J connectivity index is 1.75. The molecule has 2 amide bonds. The first-order chi connectivity index (χ1) is 10.8. The molecule has 0 bridgehead atoms. The Kier molecular flexibility index (Phi) is 5.75. The molecule has 0 aromatic heterocycles. The average molecular weight is 348 g/mol. The Bertz CT molecular complexity index is 563. The Labute approximate surface area is 135 Å². The molecule has 1 aromatic rings. The predicted octanol–water partition coefficient (Wildman–Crippen LogP) is 1.78. The highest BCUT2D eigenvalue weighted by Gasteiger charge is 2.28. The number of carbonyl (C=O) groups is 2. The molecule has 0 spiro atoms. The van der Waals surface area contributed by atoms with Crippen molar-refractivity contribution in [1.29, 1.82) is 0 Å². The van der Waals surface area contributed by atoms with Crippen LogP contribution in [0.1, 0.15) is 5.56 Å². The van der Waals surface area contributed by atoms with E-state index in [1.807, 2.05) is 0 Å². The van der Waals surface area contributed by atoms with E-state index in [4.69, 9.17) is 0 Å². The highest BCUT2D eigenvalue weighted by molar-refractivity contribution is 8.00. The largest absolute Gasteiger partial charge is 0.484 e. The second-order valence-corrected chi connectivity index (χ2v) is 5.85. The number of nitrogens with zero attached hydrogens (tertiary/aromatic N) is 1. The molecular weight excluding hydrogens is 333 g/mol. The topological polar surface area (TPSA) is 58.6 Å². The maximum atomic E-state index is 12.0. The van der Waals surface area contributed by atoms with Gasteiger partial charge in [-0.05, 0) is 17.7 Å². The SMILES string of the molecule is O=C(CN1CSCC1=O)NCc1ccc(OCC(F)(F)F)cc1. The average Bonchev–Trinajstić information content (AvgIpc) is 2.88. The number of carbonyl (C=O) groups excluding carboxylic acids is 2. The molecule has 0 unspecified atom stereocenters. The molecular formula is C14H15F3N2O3S. The van der Waals surface area contributed by atoms with Crippen LogP contribution in [0, 0.1) is 0 Å². The summed E-state index contributed by atoms with van der Waals surface area (Å²) in [6.45, 7) is -1.10. The van der Waals surface area contributed by atoms with Gasteiger partial charge < -0.3 is 15.0 Å². The van der Waals surface area contributed by atoms with Crippen molar-refractivity contribution in [3.8, 4) is 5.75 Å². The lowest BCUT2D eigenvalue weighted by molar-refractivity contribution is -0.153. The highest BCUT2D eigenvalue weighted by Crippen LogP contribution is 2.19. The lowest BCUT2D eigenvalue weighted by atomic mass is 10.2. The van der Waals surface area contributed by atoms with Gasteiger partial charge in [-0.2, -0.15) is 13.2 Å². The van der Waals surface area contributed by atoms with Crippen LogP contribution in [0.3, 0.4) is 0 Å². The molecule has 5 nitrogen and oxygen atoms in total. The van der Waals surface area contributed by atoms with E-state index >= 15 is 0 Å². The number of hydrogen-bond acceptors (Lipinski definition) is 4. The Morgan fingerprint density at radius 3 is 2.57 bits per heavy atom. The van der Waals surface area contributed by atoms with Crippen molar-refractivity contribution in [2.75, 3.05) is 24.8 Å². The van der Waals surface area contributed by atoms with Crippen molar-refractivity contribution in [2.45, 2.75) is 12.7 Å². The van der Waals surface area contributed by atoms with Gasteiger partial charge in [0, 0.05) is 6.54 Å². The number of amides is 2. The summed E-state index contributed by atoms with van der Waals surface area (Å²) in [5, 5.41) is 2.66. The molecule has 126 valence electrons. The summed E-state index contributed by atoms with van der Waals surface area (Å²) in [5.41, 5.74) is 0.722. The van der Waals surface area contributed by atoms with Crippen molar-refractivity contribution in [2.24, 2.45) is 0 Å². The molecule has 23 heavy (non-hydrogen) atoms. The Morgan fingerprint density at radius 2 is 2.00 bits per heavy atom. The second-order valence-electron chi connectivity index (χ2n) is 4.89. The third-order valence-electron chi connectivity index (χ3n) is 2.98. The van der Waals surface area contributed by atoms with Crippen LogP contribution in [0.5, 0.6) is 5.75 Å². The van der Waals surface area contributed by atoms with Gasteiger partial charge in [-0.3, -0.25) is 9.59 Å². The van der Waals surface area contributed by atoms with Crippen LogP contribution in [0.4, 0.5) is 13.2 Å². The van der Waals surface area contributed by atoms with Crippen LogP contribution < -0.4 is 10.1 Å². The number of benzene rings is 1. The molecule has 1 aromatic carbocycles. The third-order valence-corrected chi connectivity index (χ3v) is 3.92. The zero-order chi connectivity index (χ0) is 16.9. The molecule has 0 atom stereocenters. The molecule has 1 fully saturated rings. The first-order valence-electron chi connectivity index (χ1n) is 6.74. The van der Waals surface area contributed by atoms with Gasteiger partial charge in [-0.1, -0.05) is 12.1 Å². The molecule has 1 N–H and O–H groups in total. The number of halogens is 3. The number of thioether (sulfide) groups is 1. The molecule has 1 saturated heterocycles. The smallest absolute Gasteiger partial charge is 0.422 e. The maximum Gasteiger partial charge on any atom is 0.422 e. The van der Waals surface area contributed by atoms with Gasteiger partial charge in [-0.15, -0.1) is 11.8 Å². The summed E-state index contributed by atoms with van der Waals surface area (Å²) in [6, 6.07) is 5.97. The van der Waals surface area contributed by atoms with Gasteiger partial charge in [0.25, 0.3) is 0 Å². The minimum absolute atomic E-state index is 0.0125. The molecule has 0 aliphatic carbocycles. The fourth-order valence-electron chi connectivity index (χ4n) is 1.84. The normalized spacial score (nSPS) is 14.9. The summed E-state index contributed by atoms with van der Waals surface area (Å²) < 4.78 is 40.7. The van der Waals surface area contributed by atoms with Crippen LogP contribution in [-0.2, 0) is 16.1 Å². The van der Waals surface area contributed by atoms with E-state index in [2.05, 4.69) is 10.1 Å². The number of alkyl halides is 3. The Morgan fingerprint density at radius 1 is 1.30 bits per heavy atom. The predicted molar refractivity (Wildman–Crippen MR) is 78.9 cm³/mol. The zero-order valence-corrected chi connectivity index (χ0v) is 12.9. The van der Waals surface area contributed by atoms with Gasteiger partial charge >= 0.3 is 6.18 Å². The molecule has 2 rings (SSSR count). The van der Waals surface area contributed by atoms with Gasteiger partial charge in [0.15, 0.2) is 6.61 Å². The van der Waals surface area contributed by atoms with Crippen molar-refractivity contribution < 1.29 is 27.5 Å². The van der Waals surface area contributed by atoms with Gasteiger partial charge in [-0.25, -0.2) is 0 Å². The molecule has 1 aliphatic rings. The van der Waals surface area contributed by atoms with E-state index in [0.717, 1.165) is 5.56 Å². The molecule has 1 aliphatic heterocycles. The van der Waals surface area contributed by atoms with E-state index in [-0.39, 0.29) is 30.7 Å². The molecule has 0 saturated carbocycles. The van der Waals surface area contributed by atoms with Crippen LogP contribution in [0.25, 0.3) is 0 Å². The van der Waals surface area contributed by atoms with Crippen LogP contribution >= 0.6 is 11.8 Å². The standard InChI is InChI=1S/C14H15F3N2O3S/c15-14(16,17)8-22-11-3-1-10(2-4-11)5-18-12(20)6-19-9-23-7-13(19)21/h1-4H,5-9H2,(H,18,20). The number of nitrogens with one attached hydrogen (secondary N) is 1. The van der Waals surface area contributed by atoms with E-state index in [0.29, 0.717) is 11.6 Å². The summed E-state index contributed by atoms with van der Waals surface area (Å²) >= 11 is 1.46. The monoisotopic (exact) mass is 348 g/mol. The third kappa shape index (κ3) is 6.01. The quantitative estimate of drug-likeness (QED) is 0.851. The van der Waals surface area contributed by atoms with E-state index in [9.17, 15) is 22.8 Å². The maximum absolute atomic E-state index is 12.0. The van der Waals surface area contributed by atoms with E-state index in [1.54, 1.807) is 12.1 Å². The minimum Gasteiger partial charge on any atom is -0.484 e. The highest BCUT2D eigenvalue weighted by atomic mass is 32.2. The molecule has 9 heteroatoms. The minimum atomic E-state index is -4.38. The van der Waals surface area contributed by atoms with Crippen LogP contribution in [0.2, 0.25) is 0 Å². The summed E-state index contributed by atoms with van der Waals surface area (Å²) in [4.78, 5) is 24.6. The first kappa shape index (κ1) is 17.5. The summed E-state index contributed by atoms with van der Waals surface area (Å²) in [7, 11) is 0. The van der Waals surface area contributed by atoms with E-state index < -0.39 is 12.8 Å². The molecule has 0 radical (unpaired) electrons. The second kappa shape index (κ2) is 7.58. The fraction of sp³-hybridized carbons (Fsp3) is 0.429. The van der Waals surface area contributed by atoms with Crippen molar-refractivity contribution in [3.63, 3.8) is 0 Å². The van der Waals surface area contributed by atoms with Crippen molar-refractivity contribution >= 4 is 23.6 Å². The number of rotatable bonds is 6. The van der Waals surface area contributed by atoms with Crippen LogP contribution in [0.15, 0.2) is 24.3 Å². The van der Waals surface area contributed by atoms with Crippen LogP contribution in [-0.4, -0.2) is 47.7 Å². The van der Waals surface area contributed by atoms with E-state index in [1.165, 1.54) is 28.8 Å². The number of ether oxygens (including phenoxy) is 1. The van der Waals surface area contributed by atoms with Gasteiger partial charge in [0.05, 0.1) is 11.6 Å². The van der Waals surface area contributed by atoms with Crippen molar-refractivity contribution in [1.82, 2.24) is 10.2 Å². The van der Waals surface area contributed by atoms with Gasteiger partial charge in [0.2, 0.25) is 11.8 Å². The number of hydrogen-bond donors (Lipinski definition) is 1. The fourth-order valence-corrected chi connectivity index (χ4v) is 2.74. The van der Waals surface area contributed by atoms with Crippen molar-refractivity contribution in [3.05, 3.63) is 29.8 Å². The summed E-state index contributed by atoms with van der Waals surface area (Å²) in [5.74, 6) is 0.677. The summed E-state index contributed by atoms with van der Waals surface area (Å²) in [6.07, 6.45) is -4.38. The zero-order valence-electron chi connectivity index (χ0n) is 12.1. The Hall–Kier alpha value is -1.90. The lowest BCUT2D eigenvalue weighted by Crippen LogP contribution is -2.37.